The molecule has 0 fully saturated rings. The first-order chi connectivity index (χ1) is 8.08. The normalized spacial score (nSPS) is 10.2. The largest absolute Gasteiger partial charge is 0.478 e. The second kappa shape index (κ2) is 4.51. The Balaban J connectivity index is 2.63. The lowest BCUT2D eigenvalue weighted by Gasteiger charge is -2.06. The van der Waals surface area contributed by atoms with Crippen LogP contribution in [-0.4, -0.2) is 16.1 Å². The van der Waals surface area contributed by atoms with Crippen LogP contribution in [-0.2, 0) is 0 Å². The molecule has 0 bridgehead atoms. The summed E-state index contributed by atoms with van der Waals surface area (Å²) in [5.41, 5.74) is 0.781. The number of carbonyl (C=O) groups is 1. The van der Waals surface area contributed by atoms with E-state index in [-0.39, 0.29) is 10.7 Å². The molecule has 2 rings (SSSR count). The van der Waals surface area contributed by atoms with Gasteiger partial charge < -0.3 is 5.11 Å². The summed E-state index contributed by atoms with van der Waals surface area (Å²) in [6.45, 7) is 0. The highest BCUT2D eigenvalue weighted by Gasteiger charge is 2.13. The van der Waals surface area contributed by atoms with Gasteiger partial charge in [-0.05, 0) is 23.8 Å². The van der Waals surface area contributed by atoms with Gasteiger partial charge in [0.25, 0.3) is 0 Å². The first-order valence-electron chi connectivity index (χ1n) is 4.72. The Bertz CT molecular complexity index is 586. The van der Waals surface area contributed by atoms with Crippen molar-refractivity contribution in [3.05, 3.63) is 53.1 Å². The number of pyridine rings is 1. The van der Waals surface area contributed by atoms with Gasteiger partial charge in [-0.2, -0.15) is 0 Å². The lowest BCUT2D eigenvalue weighted by molar-refractivity contribution is 0.0697. The molecular formula is C12H7ClFNO2. The molecule has 1 N–H and O–H groups in total. The van der Waals surface area contributed by atoms with Gasteiger partial charge in [-0.3, -0.25) is 0 Å². The van der Waals surface area contributed by atoms with Crippen LogP contribution in [0.1, 0.15) is 10.4 Å². The fraction of sp³-hybridized carbons (Fsp3) is 0. The zero-order chi connectivity index (χ0) is 12.4. The SMILES string of the molecule is O=C(O)c1cc(Cl)ncc1-c1cccc(F)c1. The molecule has 0 atom stereocenters. The standard InChI is InChI=1S/C12H7ClFNO2/c13-11-5-9(12(16)17)10(6-15-11)7-2-1-3-8(14)4-7/h1-6H,(H,16,17). The third-order valence-electron chi connectivity index (χ3n) is 2.24. The fourth-order valence-corrected chi connectivity index (χ4v) is 1.65. The van der Waals surface area contributed by atoms with E-state index < -0.39 is 11.8 Å². The van der Waals surface area contributed by atoms with Crippen molar-refractivity contribution in [3.8, 4) is 11.1 Å². The number of carboxylic acid groups (broad SMARTS) is 1. The third-order valence-corrected chi connectivity index (χ3v) is 2.44. The number of rotatable bonds is 2. The molecule has 0 amide bonds. The maximum absolute atomic E-state index is 13.1. The smallest absolute Gasteiger partial charge is 0.336 e. The average Bonchev–Trinajstić information content (AvgIpc) is 2.28. The van der Waals surface area contributed by atoms with Crippen LogP contribution in [0.4, 0.5) is 4.39 Å². The molecule has 17 heavy (non-hydrogen) atoms. The van der Waals surface area contributed by atoms with Crippen molar-refractivity contribution in [2.75, 3.05) is 0 Å². The van der Waals surface area contributed by atoms with Gasteiger partial charge in [0.15, 0.2) is 0 Å². The number of halogens is 2. The average molecular weight is 252 g/mol. The molecule has 0 aliphatic heterocycles. The van der Waals surface area contributed by atoms with Gasteiger partial charge in [0.05, 0.1) is 5.56 Å². The van der Waals surface area contributed by atoms with Crippen molar-refractivity contribution in [1.29, 1.82) is 0 Å². The highest BCUT2D eigenvalue weighted by molar-refractivity contribution is 6.29. The number of hydrogen-bond acceptors (Lipinski definition) is 2. The Hall–Kier alpha value is -1.94. The Labute approximate surface area is 101 Å². The summed E-state index contributed by atoms with van der Waals surface area (Å²) < 4.78 is 13.1. The van der Waals surface area contributed by atoms with Crippen LogP contribution in [0.25, 0.3) is 11.1 Å². The van der Waals surface area contributed by atoms with E-state index in [0.717, 1.165) is 0 Å². The van der Waals surface area contributed by atoms with Gasteiger partial charge in [-0.25, -0.2) is 14.2 Å². The molecule has 0 saturated heterocycles. The minimum Gasteiger partial charge on any atom is -0.478 e. The van der Waals surface area contributed by atoms with E-state index in [0.29, 0.717) is 11.1 Å². The number of hydrogen-bond donors (Lipinski definition) is 1. The fourth-order valence-electron chi connectivity index (χ4n) is 1.49. The van der Waals surface area contributed by atoms with E-state index >= 15 is 0 Å². The molecule has 0 radical (unpaired) electrons. The number of aromatic nitrogens is 1. The second-order valence-electron chi connectivity index (χ2n) is 3.37. The first kappa shape index (κ1) is 11.5. The van der Waals surface area contributed by atoms with E-state index in [1.54, 1.807) is 6.07 Å². The molecule has 2 aromatic rings. The zero-order valence-electron chi connectivity index (χ0n) is 8.52. The molecule has 0 unspecified atom stereocenters. The number of nitrogens with zero attached hydrogens (tertiary/aromatic N) is 1. The number of aromatic carboxylic acids is 1. The molecule has 0 aliphatic rings. The molecule has 0 saturated carbocycles. The maximum atomic E-state index is 13.1. The quantitative estimate of drug-likeness (QED) is 0.834. The minimum atomic E-state index is -1.13. The van der Waals surface area contributed by atoms with E-state index in [4.69, 9.17) is 16.7 Å². The van der Waals surface area contributed by atoms with Crippen LogP contribution in [0.5, 0.6) is 0 Å². The van der Waals surface area contributed by atoms with Crippen LogP contribution in [0.3, 0.4) is 0 Å². The van der Waals surface area contributed by atoms with Crippen molar-refractivity contribution < 1.29 is 14.3 Å². The van der Waals surface area contributed by atoms with E-state index in [9.17, 15) is 9.18 Å². The van der Waals surface area contributed by atoms with Gasteiger partial charge >= 0.3 is 5.97 Å². The summed E-state index contributed by atoms with van der Waals surface area (Å²) >= 11 is 5.63. The Morgan fingerprint density at radius 3 is 2.76 bits per heavy atom. The van der Waals surface area contributed by atoms with Gasteiger partial charge in [0.2, 0.25) is 0 Å². The molecule has 1 aromatic heterocycles. The lowest BCUT2D eigenvalue weighted by atomic mass is 10.0. The van der Waals surface area contributed by atoms with E-state index in [1.807, 2.05) is 0 Å². The summed E-state index contributed by atoms with van der Waals surface area (Å²) in [6.07, 6.45) is 1.32. The van der Waals surface area contributed by atoms with Gasteiger partial charge in [0, 0.05) is 11.8 Å². The van der Waals surface area contributed by atoms with Gasteiger partial charge in [-0.1, -0.05) is 23.7 Å². The van der Waals surface area contributed by atoms with Crippen LogP contribution in [0, 0.1) is 5.82 Å². The monoisotopic (exact) mass is 251 g/mol. The van der Waals surface area contributed by atoms with Crippen molar-refractivity contribution in [2.24, 2.45) is 0 Å². The summed E-state index contributed by atoms with van der Waals surface area (Å²) in [6, 6.07) is 6.89. The summed E-state index contributed by atoms with van der Waals surface area (Å²) in [5, 5.41) is 9.13. The highest BCUT2D eigenvalue weighted by Crippen LogP contribution is 2.25. The van der Waals surface area contributed by atoms with E-state index in [1.165, 1.54) is 30.5 Å². The van der Waals surface area contributed by atoms with Crippen LogP contribution >= 0.6 is 11.6 Å². The van der Waals surface area contributed by atoms with E-state index in [2.05, 4.69) is 4.98 Å². The highest BCUT2D eigenvalue weighted by atomic mass is 35.5. The lowest BCUT2D eigenvalue weighted by Crippen LogP contribution is -2.00. The van der Waals surface area contributed by atoms with Crippen molar-refractivity contribution >= 4 is 17.6 Å². The molecule has 86 valence electrons. The van der Waals surface area contributed by atoms with Gasteiger partial charge in [0.1, 0.15) is 11.0 Å². The predicted molar refractivity (Wildman–Crippen MR) is 61.6 cm³/mol. The number of benzene rings is 1. The topological polar surface area (TPSA) is 50.2 Å². The van der Waals surface area contributed by atoms with Crippen LogP contribution in [0.2, 0.25) is 5.15 Å². The Morgan fingerprint density at radius 1 is 1.35 bits per heavy atom. The number of carboxylic acids is 1. The Kier molecular flexibility index (Phi) is 3.06. The first-order valence-corrected chi connectivity index (χ1v) is 5.10. The zero-order valence-corrected chi connectivity index (χ0v) is 9.28. The molecular weight excluding hydrogens is 245 g/mol. The van der Waals surface area contributed by atoms with Crippen LogP contribution in [0.15, 0.2) is 36.5 Å². The molecule has 1 heterocycles. The molecule has 5 heteroatoms. The summed E-state index contributed by atoms with van der Waals surface area (Å²) in [4.78, 5) is 14.9. The summed E-state index contributed by atoms with van der Waals surface area (Å²) in [5.74, 6) is -1.57. The third kappa shape index (κ3) is 2.42. The Morgan fingerprint density at radius 2 is 2.12 bits per heavy atom. The maximum Gasteiger partial charge on any atom is 0.336 e. The molecule has 0 aliphatic carbocycles. The summed E-state index contributed by atoms with van der Waals surface area (Å²) in [7, 11) is 0. The molecule has 3 nitrogen and oxygen atoms in total. The minimum absolute atomic E-state index is 0.00407. The second-order valence-corrected chi connectivity index (χ2v) is 3.76. The van der Waals surface area contributed by atoms with Crippen molar-refractivity contribution in [3.63, 3.8) is 0 Å². The van der Waals surface area contributed by atoms with Crippen molar-refractivity contribution in [2.45, 2.75) is 0 Å². The van der Waals surface area contributed by atoms with Crippen molar-refractivity contribution in [1.82, 2.24) is 4.98 Å². The molecule has 0 spiro atoms. The van der Waals surface area contributed by atoms with Crippen LogP contribution < -0.4 is 0 Å². The predicted octanol–water partition coefficient (Wildman–Crippen LogP) is 3.24. The van der Waals surface area contributed by atoms with Gasteiger partial charge in [-0.15, -0.1) is 0 Å². The molecule has 1 aromatic carbocycles.